The monoisotopic (exact) mass is 354 g/mol. The second kappa shape index (κ2) is 6.80. The summed E-state index contributed by atoms with van der Waals surface area (Å²) in [7, 11) is 0. The number of benzene rings is 1. The summed E-state index contributed by atoms with van der Waals surface area (Å²) in [6, 6.07) is 5.93. The van der Waals surface area contributed by atoms with Crippen molar-refractivity contribution in [1.82, 2.24) is 14.8 Å². The molecule has 0 saturated heterocycles. The van der Waals surface area contributed by atoms with Crippen molar-refractivity contribution >= 4 is 22.9 Å². The highest BCUT2D eigenvalue weighted by Crippen LogP contribution is 2.22. The van der Waals surface area contributed by atoms with Crippen LogP contribution in [-0.4, -0.2) is 20.7 Å². The molecule has 130 valence electrons. The van der Waals surface area contributed by atoms with E-state index in [1.807, 2.05) is 62.9 Å². The molecule has 1 N–H and O–H groups in total. The first-order valence-electron chi connectivity index (χ1n) is 8.20. The van der Waals surface area contributed by atoms with Crippen molar-refractivity contribution in [3.8, 4) is 5.13 Å². The standard InChI is InChI=1S/C19H22N4OS/c1-11-7-6-8-17(13(11)3)21-18(24)9-16-14(4)22-23(15(16)5)19-20-12(2)10-25-19/h6-8,10H,9H2,1-5H3,(H,21,24). The van der Waals surface area contributed by atoms with Crippen LogP contribution in [0.25, 0.3) is 5.13 Å². The predicted molar refractivity (Wildman–Crippen MR) is 102 cm³/mol. The number of hydrogen-bond acceptors (Lipinski definition) is 4. The quantitative estimate of drug-likeness (QED) is 0.769. The Morgan fingerprint density at radius 3 is 2.64 bits per heavy atom. The number of nitrogens with zero attached hydrogens (tertiary/aromatic N) is 3. The summed E-state index contributed by atoms with van der Waals surface area (Å²) in [5, 5.41) is 10.4. The van der Waals surface area contributed by atoms with E-state index in [-0.39, 0.29) is 5.91 Å². The second-order valence-electron chi connectivity index (χ2n) is 6.31. The lowest BCUT2D eigenvalue weighted by Crippen LogP contribution is -2.16. The highest BCUT2D eigenvalue weighted by atomic mass is 32.1. The summed E-state index contributed by atoms with van der Waals surface area (Å²) in [6.45, 7) is 9.94. The van der Waals surface area contributed by atoms with Crippen molar-refractivity contribution in [2.24, 2.45) is 0 Å². The molecule has 0 saturated carbocycles. The average molecular weight is 354 g/mol. The summed E-state index contributed by atoms with van der Waals surface area (Å²) in [4.78, 5) is 17.0. The van der Waals surface area contributed by atoms with Gasteiger partial charge in [0.05, 0.1) is 17.8 Å². The molecule has 0 radical (unpaired) electrons. The Morgan fingerprint density at radius 2 is 1.96 bits per heavy atom. The minimum Gasteiger partial charge on any atom is -0.326 e. The van der Waals surface area contributed by atoms with E-state index in [0.29, 0.717) is 6.42 Å². The maximum Gasteiger partial charge on any atom is 0.228 e. The minimum atomic E-state index is -0.0326. The van der Waals surface area contributed by atoms with Crippen molar-refractivity contribution in [2.75, 3.05) is 5.32 Å². The summed E-state index contributed by atoms with van der Waals surface area (Å²) in [5.41, 5.74) is 6.88. The number of aromatic nitrogens is 3. The summed E-state index contributed by atoms with van der Waals surface area (Å²) in [6.07, 6.45) is 0.301. The van der Waals surface area contributed by atoms with Gasteiger partial charge in [0.25, 0.3) is 0 Å². The van der Waals surface area contributed by atoms with Crippen molar-refractivity contribution in [3.05, 3.63) is 57.4 Å². The molecule has 0 unspecified atom stereocenters. The van der Waals surface area contributed by atoms with Crippen LogP contribution >= 0.6 is 11.3 Å². The van der Waals surface area contributed by atoms with E-state index in [4.69, 9.17) is 0 Å². The molecule has 0 bridgehead atoms. The van der Waals surface area contributed by atoms with Crippen LogP contribution in [0.5, 0.6) is 0 Å². The van der Waals surface area contributed by atoms with Gasteiger partial charge in [0.15, 0.2) is 0 Å². The number of anilines is 1. The number of amides is 1. The zero-order chi connectivity index (χ0) is 18.1. The van der Waals surface area contributed by atoms with E-state index in [1.165, 1.54) is 0 Å². The summed E-state index contributed by atoms with van der Waals surface area (Å²) in [5.74, 6) is -0.0326. The van der Waals surface area contributed by atoms with Crippen LogP contribution in [0.1, 0.15) is 33.8 Å². The van der Waals surface area contributed by atoms with Crippen LogP contribution in [0.3, 0.4) is 0 Å². The Balaban J connectivity index is 1.82. The number of aryl methyl sites for hydroxylation is 3. The van der Waals surface area contributed by atoms with Gasteiger partial charge in [-0.15, -0.1) is 11.3 Å². The predicted octanol–water partition coefficient (Wildman–Crippen LogP) is 4.05. The van der Waals surface area contributed by atoms with Crippen molar-refractivity contribution in [2.45, 2.75) is 41.0 Å². The van der Waals surface area contributed by atoms with Crippen LogP contribution in [0.2, 0.25) is 0 Å². The highest BCUT2D eigenvalue weighted by Gasteiger charge is 2.18. The molecule has 1 aromatic carbocycles. The van der Waals surface area contributed by atoms with E-state index in [2.05, 4.69) is 15.4 Å². The fourth-order valence-corrected chi connectivity index (χ4v) is 3.60. The Morgan fingerprint density at radius 1 is 1.20 bits per heavy atom. The molecule has 0 aliphatic rings. The van der Waals surface area contributed by atoms with Gasteiger partial charge in [0.2, 0.25) is 11.0 Å². The Kier molecular flexibility index (Phi) is 4.72. The van der Waals surface area contributed by atoms with Crippen LogP contribution < -0.4 is 5.32 Å². The van der Waals surface area contributed by atoms with E-state index in [0.717, 1.165) is 44.6 Å². The van der Waals surface area contributed by atoms with E-state index < -0.39 is 0 Å². The SMILES string of the molecule is Cc1csc(-n2nc(C)c(CC(=O)Nc3cccc(C)c3C)c2C)n1. The second-order valence-corrected chi connectivity index (χ2v) is 7.14. The molecule has 0 fully saturated rings. The number of carbonyl (C=O) groups is 1. The largest absolute Gasteiger partial charge is 0.326 e. The normalized spacial score (nSPS) is 10.9. The molecule has 25 heavy (non-hydrogen) atoms. The third-order valence-electron chi connectivity index (χ3n) is 4.45. The Bertz CT molecular complexity index is 939. The molecule has 2 aromatic heterocycles. The van der Waals surface area contributed by atoms with Crippen molar-refractivity contribution in [3.63, 3.8) is 0 Å². The van der Waals surface area contributed by atoms with Gasteiger partial charge in [-0.2, -0.15) is 5.10 Å². The first-order chi connectivity index (χ1) is 11.9. The topological polar surface area (TPSA) is 59.8 Å². The third kappa shape index (κ3) is 3.49. The smallest absolute Gasteiger partial charge is 0.228 e. The molecule has 6 heteroatoms. The van der Waals surface area contributed by atoms with Crippen molar-refractivity contribution < 1.29 is 4.79 Å². The van der Waals surface area contributed by atoms with Gasteiger partial charge >= 0.3 is 0 Å². The summed E-state index contributed by atoms with van der Waals surface area (Å²) < 4.78 is 1.83. The van der Waals surface area contributed by atoms with Crippen molar-refractivity contribution in [1.29, 1.82) is 0 Å². The highest BCUT2D eigenvalue weighted by molar-refractivity contribution is 7.12. The molecule has 2 heterocycles. The van der Waals surface area contributed by atoms with Crippen LogP contribution in [0.15, 0.2) is 23.6 Å². The van der Waals surface area contributed by atoms with Gasteiger partial charge < -0.3 is 5.32 Å². The maximum atomic E-state index is 12.5. The number of carbonyl (C=O) groups excluding carboxylic acids is 1. The van der Waals surface area contributed by atoms with Crippen LogP contribution in [-0.2, 0) is 11.2 Å². The maximum absolute atomic E-state index is 12.5. The number of nitrogens with one attached hydrogen (secondary N) is 1. The molecular weight excluding hydrogens is 332 g/mol. The first-order valence-corrected chi connectivity index (χ1v) is 9.08. The zero-order valence-electron chi connectivity index (χ0n) is 15.2. The lowest BCUT2D eigenvalue weighted by molar-refractivity contribution is -0.115. The van der Waals surface area contributed by atoms with Gasteiger partial charge in [0, 0.05) is 22.3 Å². The lowest BCUT2D eigenvalue weighted by Gasteiger charge is -2.10. The zero-order valence-corrected chi connectivity index (χ0v) is 16.0. The van der Waals surface area contributed by atoms with Gasteiger partial charge in [-0.25, -0.2) is 9.67 Å². The van der Waals surface area contributed by atoms with Gasteiger partial charge in [-0.1, -0.05) is 12.1 Å². The minimum absolute atomic E-state index is 0.0326. The fourth-order valence-electron chi connectivity index (χ4n) is 2.80. The lowest BCUT2D eigenvalue weighted by atomic mass is 10.1. The number of hydrogen-bond donors (Lipinski definition) is 1. The third-order valence-corrected chi connectivity index (χ3v) is 5.38. The molecule has 0 aliphatic heterocycles. The van der Waals surface area contributed by atoms with E-state index >= 15 is 0 Å². The van der Waals surface area contributed by atoms with Crippen LogP contribution in [0, 0.1) is 34.6 Å². The van der Waals surface area contributed by atoms with E-state index in [9.17, 15) is 4.79 Å². The number of thiazole rings is 1. The molecule has 3 aromatic rings. The van der Waals surface area contributed by atoms with Gasteiger partial charge in [-0.05, 0) is 51.8 Å². The molecule has 5 nitrogen and oxygen atoms in total. The van der Waals surface area contributed by atoms with Gasteiger partial charge in [0.1, 0.15) is 0 Å². The molecule has 3 rings (SSSR count). The number of rotatable bonds is 4. The molecule has 0 spiro atoms. The average Bonchev–Trinajstić information content (AvgIpc) is 3.10. The Hall–Kier alpha value is -2.47. The van der Waals surface area contributed by atoms with E-state index in [1.54, 1.807) is 11.3 Å². The first kappa shape index (κ1) is 17.4. The van der Waals surface area contributed by atoms with Gasteiger partial charge in [-0.3, -0.25) is 4.79 Å². The Labute approximate surface area is 151 Å². The summed E-state index contributed by atoms with van der Waals surface area (Å²) >= 11 is 1.55. The van der Waals surface area contributed by atoms with Crippen LogP contribution in [0.4, 0.5) is 5.69 Å². The fraction of sp³-hybridized carbons (Fsp3) is 0.316. The molecule has 0 atom stereocenters. The molecule has 0 aliphatic carbocycles. The molecule has 1 amide bonds. The molecular formula is C19H22N4OS.